The largest absolute Gasteiger partial charge is 0.380 e. The van der Waals surface area contributed by atoms with Crippen molar-refractivity contribution in [2.75, 3.05) is 6.54 Å². The maximum absolute atomic E-state index is 11.3. The average Bonchev–Trinajstić information content (AvgIpc) is 3.10. The van der Waals surface area contributed by atoms with E-state index in [2.05, 4.69) is 10.2 Å². The molecule has 3 aromatic rings. The van der Waals surface area contributed by atoms with Crippen molar-refractivity contribution in [3.63, 3.8) is 0 Å². The standard InChI is InChI=1S/C18H18ClN3O/c19-17-6-4-15(5-7-17)18(23,8-9-20)16-3-1-2-13(10-16)14-11-21-22-12-14/h1-7,10-12,23H,8-9,20H2,(H,21,22). The number of aromatic amines is 1. The number of rotatable bonds is 5. The Morgan fingerprint density at radius 2 is 1.87 bits per heavy atom. The quantitative estimate of drug-likeness (QED) is 0.673. The number of hydrogen-bond donors (Lipinski definition) is 3. The first kappa shape index (κ1) is 15.7. The lowest BCUT2D eigenvalue weighted by molar-refractivity contribution is 0.0738. The normalized spacial score (nSPS) is 13.7. The zero-order valence-corrected chi connectivity index (χ0v) is 13.3. The van der Waals surface area contributed by atoms with Gasteiger partial charge in [0.2, 0.25) is 0 Å². The first-order valence-corrected chi connectivity index (χ1v) is 7.79. The molecule has 0 fully saturated rings. The molecule has 0 saturated heterocycles. The molecule has 0 amide bonds. The predicted molar refractivity (Wildman–Crippen MR) is 92.1 cm³/mol. The van der Waals surface area contributed by atoms with Crippen LogP contribution in [0.1, 0.15) is 17.5 Å². The van der Waals surface area contributed by atoms with E-state index in [1.807, 2.05) is 42.6 Å². The van der Waals surface area contributed by atoms with Crippen molar-refractivity contribution >= 4 is 11.6 Å². The number of nitrogens with two attached hydrogens (primary N) is 1. The van der Waals surface area contributed by atoms with E-state index in [1.54, 1.807) is 18.3 Å². The molecule has 1 heterocycles. The molecule has 1 unspecified atom stereocenters. The van der Waals surface area contributed by atoms with E-state index in [0.29, 0.717) is 18.0 Å². The van der Waals surface area contributed by atoms with Crippen LogP contribution in [0.3, 0.4) is 0 Å². The van der Waals surface area contributed by atoms with E-state index in [4.69, 9.17) is 17.3 Å². The lowest BCUT2D eigenvalue weighted by Crippen LogP contribution is -2.30. The van der Waals surface area contributed by atoms with Crippen LogP contribution in [0.4, 0.5) is 0 Å². The summed E-state index contributed by atoms with van der Waals surface area (Å²) in [5.74, 6) is 0. The summed E-state index contributed by atoms with van der Waals surface area (Å²) in [4.78, 5) is 0. The Labute approximate surface area is 139 Å². The molecular weight excluding hydrogens is 310 g/mol. The Bertz CT molecular complexity index is 771. The van der Waals surface area contributed by atoms with E-state index < -0.39 is 5.60 Å². The fraction of sp³-hybridized carbons (Fsp3) is 0.167. The van der Waals surface area contributed by atoms with Crippen LogP contribution in [0, 0.1) is 0 Å². The minimum absolute atomic E-state index is 0.370. The second-order valence-electron chi connectivity index (χ2n) is 5.47. The first-order chi connectivity index (χ1) is 11.1. The van der Waals surface area contributed by atoms with Crippen molar-refractivity contribution in [3.05, 3.63) is 77.1 Å². The summed E-state index contributed by atoms with van der Waals surface area (Å²) in [7, 11) is 0. The van der Waals surface area contributed by atoms with Gasteiger partial charge in [-0.2, -0.15) is 5.10 Å². The zero-order valence-electron chi connectivity index (χ0n) is 12.5. The molecule has 4 nitrogen and oxygen atoms in total. The second-order valence-corrected chi connectivity index (χ2v) is 5.91. The topological polar surface area (TPSA) is 74.9 Å². The van der Waals surface area contributed by atoms with Crippen LogP contribution < -0.4 is 5.73 Å². The SMILES string of the molecule is NCCC(O)(c1ccc(Cl)cc1)c1cccc(-c2cn[nH]c2)c1. The van der Waals surface area contributed by atoms with Crippen molar-refractivity contribution in [2.24, 2.45) is 5.73 Å². The molecule has 0 aliphatic heterocycles. The van der Waals surface area contributed by atoms with Crippen LogP contribution in [-0.2, 0) is 5.60 Å². The summed E-state index contributed by atoms with van der Waals surface area (Å²) in [6.07, 6.45) is 4.00. The van der Waals surface area contributed by atoms with Crippen LogP contribution in [0.2, 0.25) is 5.02 Å². The number of nitrogens with one attached hydrogen (secondary N) is 1. The van der Waals surface area contributed by atoms with Gasteiger partial charge in [0.15, 0.2) is 0 Å². The maximum atomic E-state index is 11.3. The molecule has 0 aliphatic carbocycles. The van der Waals surface area contributed by atoms with Gasteiger partial charge >= 0.3 is 0 Å². The summed E-state index contributed by atoms with van der Waals surface area (Å²) in [6.45, 7) is 0.370. The van der Waals surface area contributed by atoms with Gasteiger partial charge < -0.3 is 10.8 Å². The molecule has 0 radical (unpaired) electrons. The number of benzene rings is 2. The van der Waals surface area contributed by atoms with Crippen molar-refractivity contribution in [1.29, 1.82) is 0 Å². The van der Waals surface area contributed by atoms with Crippen LogP contribution >= 0.6 is 11.6 Å². The molecule has 1 aromatic heterocycles. The lowest BCUT2D eigenvalue weighted by atomic mass is 9.82. The van der Waals surface area contributed by atoms with Gasteiger partial charge in [-0.25, -0.2) is 0 Å². The summed E-state index contributed by atoms with van der Waals surface area (Å²) in [6, 6.07) is 15.0. The molecule has 1 atom stereocenters. The Morgan fingerprint density at radius 1 is 1.09 bits per heavy atom. The molecule has 0 bridgehead atoms. The highest BCUT2D eigenvalue weighted by molar-refractivity contribution is 6.30. The Morgan fingerprint density at radius 3 is 2.52 bits per heavy atom. The lowest BCUT2D eigenvalue weighted by Gasteiger charge is -2.29. The van der Waals surface area contributed by atoms with E-state index in [9.17, 15) is 5.11 Å². The minimum Gasteiger partial charge on any atom is -0.380 e. The average molecular weight is 328 g/mol. The molecule has 0 aliphatic rings. The molecular formula is C18H18ClN3O. The molecule has 3 rings (SSSR count). The smallest absolute Gasteiger partial charge is 0.116 e. The van der Waals surface area contributed by atoms with Crippen molar-refractivity contribution in [1.82, 2.24) is 10.2 Å². The van der Waals surface area contributed by atoms with Crippen LogP contribution in [-0.4, -0.2) is 21.8 Å². The molecule has 2 aromatic carbocycles. The number of H-pyrrole nitrogens is 1. The third kappa shape index (κ3) is 3.15. The van der Waals surface area contributed by atoms with Crippen LogP contribution in [0.5, 0.6) is 0 Å². The van der Waals surface area contributed by atoms with E-state index in [-0.39, 0.29) is 0 Å². The second kappa shape index (κ2) is 6.54. The third-order valence-corrected chi connectivity index (χ3v) is 4.25. The number of aromatic nitrogens is 2. The molecule has 4 N–H and O–H groups in total. The number of nitrogens with zero attached hydrogens (tertiary/aromatic N) is 1. The van der Waals surface area contributed by atoms with Gasteiger partial charge in [0.1, 0.15) is 5.60 Å². The summed E-state index contributed by atoms with van der Waals surface area (Å²) in [5.41, 5.74) is 8.12. The number of aliphatic hydroxyl groups is 1. The third-order valence-electron chi connectivity index (χ3n) is 4.00. The van der Waals surface area contributed by atoms with Gasteiger partial charge in [0.05, 0.1) is 6.20 Å². The van der Waals surface area contributed by atoms with Crippen molar-refractivity contribution in [3.8, 4) is 11.1 Å². The summed E-state index contributed by atoms with van der Waals surface area (Å²) < 4.78 is 0. The Kier molecular flexibility index (Phi) is 4.48. The van der Waals surface area contributed by atoms with Gasteiger partial charge in [-0.05, 0) is 47.9 Å². The monoisotopic (exact) mass is 327 g/mol. The van der Waals surface area contributed by atoms with E-state index in [1.165, 1.54) is 0 Å². The minimum atomic E-state index is -1.15. The molecule has 5 heteroatoms. The Balaban J connectivity index is 2.07. The zero-order chi connectivity index (χ0) is 16.3. The van der Waals surface area contributed by atoms with Gasteiger partial charge in [-0.3, -0.25) is 5.10 Å². The molecule has 23 heavy (non-hydrogen) atoms. The number of halogens is 1. The van der Waals surface area contributed by atoms with E-state index in [0.717, 1.165) is 22.3 Å². The van der Waals surface area contributed by atoms with Crippen LogP contribution in [0.15, 0.2) is 60.9 Å². The van der Waals surface area contributed by atoms with Gasteiger partial charge in [-0.1, -0.05) is 41.9 Å². The molecule has 0 spiro atoms. The van der Waals surface area contributed by atoms with Crippen molar-refractivity contribution < 1.29 is 5.11 Å². The highest BCUT2D eigenvalue weighted by Gasteiger charge is 2.31. The highest BCUT2D eigenvalue weighted by atomic mass is 35.5. The van der Waals surface area contributed by atoms with Gasteiger partial charge in [0.25, 0.3) is 0 Å². The molecule has 0 saturated carbocycles. The fourth-order valence-electron chi connectivity index (χ4n) is 2.75. The maximum Gasteiger partial charge on any atom is 0.116 e. The van der Waals surface area contributed by atoms with Gasteiger partial charge in [0, 0.05) is 16.8 Å². The number of hydrogen-bond acceptors (Lipinski definition) is 3. The Hall–Kier alpha value is -2.14. The predicted octanol–water partition coefficient (Wildman–Crippen LogP) is 3.31. The fourth-order valence-corrected chi connectivity index (χ4v) is 2.88. The van der Waals surface area contributed by atoms with Crippen molar-refractivity contribution in [2.45, 2.75) is 12.0 Å². The highest BCUT2D eigenvalue weighted by Crippen LogP contribution is 2.35. The molecule has 118 valence electrons. The van der Waals surface area contributed by atoms with E-state index >= 15 is 0 Å². The summed E-state index contributed by atoms with van der Waals surface area (Å²) in [5, 5.41) is 18.7. The summed E-state index contributed by atoms with van der Waals surface area (Å²) >= 11 is 5.96. The van der Waals surface area contributed by atoms with Gasteiger partial charge in [-0.15, -0.1) is 0 Å². The van der Waals surface area contributed by atoms with Crippen LogP contribution in [0.25, 0.3) is 11.1 Å². The first-order valence-electron chi connectivity index (χ1n) is 7.41.